The smallest absolute Gasteiger partial charge is 0.310 e. The Hall–Kier alpha value is -1.21. The Kier molecular flexibility index (Phi) is 3.21. The van der Waals surface area contributed by atoms with Crippen molar-refractivity contribution >= 4 is 27.8 Å². The molecule has 1 N–H and O–H groups in total. The topological polar surface area (TPSA) is 81.4 Å². The minimum absolute atomic E-state index is 0.282. The van der Waals surface area contributed by atoms with Gasteiger partial charge in [-0.25, -0.2) is 4.68 Å². The van der Waals surface area contributed by atoms with Gasteiger partial charge in [0.05, 0.1) is 39.9 Å². The van der Waals surface area contributed by atoms with Gasteiger partial charge in [0.1, 0.15) is 0 Å². The summed E-state index contributed by atoms with van der Waals surface area (Å²) in [5.74, 6) is -2.65. The second-order valence-electron chi connectivity index (χ2n) is 5.41. The van der Waals surface area contributed by atoms with E-state index in [0.29, 0.717) is 17.8 Å². The third-order valence-corrected chi connectivity index (χ3v) is 5.40. The molecule has 6 nitrogen and oxygen atoms in total. The van der Waals surface area contributed by atoms with E-state index < -0.39 is 17.8 Å². The first-order chi connectivity index (χ1) is 9.41. The number of carboxylic acid groups (broad SMARTS) is 1. The molecule has 2 aliphatic rings. The Labute approximate surface area is 124 Å². The standard InChI is InChI=1S/C13H15BrN2O4/c1-5-11(14)6(2)16(15-5)12(17)9-7-3-4-8(20-7)10(9)13(18)19/h7-10H,3-4H2,1-2H3,(H,18,19)/t7-,8+,9+,10-/m0/s1. The van der Waals surface area contributed by atoms with Gasteiger partial charge in [0, 0.05) is 0 Å². The van der Waals surface area contributed by atoms with E-state index in [9.17, 15) is 14.7 Å². The zero-order valence-electron chi connectivity index (χ0n) is 11.2. The van der Waals surface area contributed by atoms with Gasteiger partial charge in [-0.15, -0.1) is 0 Å². The molecule has 0 radical (unpaired) electrons. The Bertz CT molecular complexity index is 597. The molecule has 20 heavy (non-hydrogen) atoms. The van der Waals surface area contributed by atoms with Gasteiger partial charge in [-0.2, -0.15) is 5.10 Å². The molecular weight excluding hydrogens is 328 g/mol. The van der Waals surface area contributed by atoms with Gasteiger partial charge in [-0.3, -0.25) is 9.59 Å². The number of fused-ring (bicyclic) bond motifs is 2. The maximum atomic E-state index is 12.7. The minimum atomic E-state index is -0.962. The zero-order chi connectivity index (χ0) is 14.6. The zero-order valence-corrected chi connectivity index (χ0v) is 12.8. The first-order valence-electron chi connectivity index (χ1n) is 6.56. The highest BCUT2D eigenvalue weighted by Gasteiger charge is 2.56. The monoisotopic (exact) mass is 342 g/mol. The quantitative estimate of drug-likeness (QED) is 0.885. The number of ether oxygens (including phenoxy) is 1. The van der Waals surface area contributed by atoms with E-state index >= 15 is 0 Å². The first-order valence-corrected chi connectivity index (χ1v) is 7.35. The maximum Gasteiger partial charge on any atom is 0.310 e. The molecule has 1 aromatic rings. The predicted molar refractivity (Wildman–Crippen MR) is 72.5 cm³/mol. The summed E-state index contributed by atoms with van der Waals surface area (Å²) in [5, 5.41) is 13.6. The SMILES string of the molecule is Cc1nn(C(=O)[C@H]2[C@@H](C(=O)O)[C@H]3CC[C@@H]2O3)c(C)c1Br. The van der Waals surface area contributed by atoms with E-state index in [1.807, 2.05) is 0 Å². The maximum absolute atomic E-state index is 12.7. The number of hydrogen-bond acceptors (Lipinski definition) is 4. The molecule has 0 unspecified atom stereocenters. The average Bonchev–Trinajstić information content (AvgIpc) is 3.07. The van der Waals surface area contributed by atoms with E-state index in [1.165, 1.54) is 4.68 Å². The van der Waals surface area contributed by atoms with Crippen LogP contribution in [0, 0.1) is 25.7 Å². The molecule has 2 saturated heterocycles. The fraction of sp³-hybridized carbons (Fsp3) is 0.615. The lowest BCUT2D eigenvalue weighted by Crippen LogP contribution is -2.41. The van der Waals surface area contributed by atoms with Crippen LogP contribution in [0.4, 0.5) is 0 Å². The van der Waals surface area contributed by atoms with Crippen LogP contribution in [0.2, 0.25) is 0 Å². The molecule has 3 heterocycles. The number of halogens is 1. The number of carboxylic acids is 1. The largest absolute Gasteiger partial charge is 0.481 e. The van der Waals surface area contributed by atoms with E-state index in [2.05, 4.69) is 21.0 Å². The lowest BCUT2D eigenvalue weighted by Gasteiger charge is -2.23. The van der Waals surface area contributed by atoms with Crippen molar-refractivity contribution in [3.05, 3.63) is 15.9 Å². The molecule has 0 aromatic carbocycles. The molecular formula is C13H15BrN2O4. The summed E-state index contributed by atoms with van der Waals surface area (Å²) in [7, 11) is 0. The Morgan fingerprint density at radius 3 is 2.40 bits per heavy atom. The van der Waals surface area contributed by atoms with Crippen molar-refractivity contribution in [3.8, 4) is 0 Å². The van der Waals surface area contributed by atoms with Gasteiger partial charge in [-0.1, -0.05) is 0 Å². The minimum Gasteiger partial charge on any atom is -0.481 e. The summed E-state index contributed by atoms with van der Waals surface area (Å²) in [6.07, 6.45) is 0.820. The predicted octanol–water partition coefficient (Wildman–Crippen LogP) is 1.78. The molecule has 0 amide bonds. The molecule has 0 aliphatic carbocycles. The number of aromatic nitrogens is 2. The van der Waals surface area contributed by atoms with Crippen LogP contribution in [0.25, 0.3) is 0 Å². The Morgan fingerprint density at radius 2 is 1.90 bits per heavy atom. The number of carbonyl (C=O) groups excluding carboxylic acids is 1. The van der Waals surface area contributed by atoms with Crippen LogP contribution in [0.1, 0.15) is 29.0 Å². The summed E-state index contributed by atoms with van der Waals surface area (Å²) in [6.45, 7) is 3.58. The Morgan fingerprint density at radius 1 is 1.30 bits per heavy atom. The molecule has 7 heteroatoms. The van der Waals surface area contributed by atoms with E-state index in [1.54, 1.807) is 13.8 Å². The summed E-state index contributed by atoms with van der Waals surface area (Å²) >= 11 is 3.38. The van der Waals surface area contributed by atoms with Crippen molar-refractivity contribution in [1.29, 1.82) is 0 Å². The van der Waals surface area contributed by atoms with E-state index in [-0.39, 0.29) is 18.1 Å². The van der Waals surface area contributed by atoms with Crippen molar-refractivity contribution in [3.63, 3.8) is 0 Å². The summed E-state index contributed by atoms with van der Waals surface area (Å²) in [4.78, 5) is 24.1. The Balaban J connectivity index is 1.97. The van der Waals surface area contributed by atoms with Crippen LogP contribution in [-0.2, 0) is 9.53 Å². The van der Waals surface area contributed by atoms with Crippen LogP contribution < -0.4 is 0 Å². The summed E-state index contributed by atoms with van der Waals surface area (Å²) in [5.41, 5.74) is 1.41. The van der Waals surface area contributed by atoms with Crippen LogP contribution in [0.15, 0.2) is 4.47 Å². The fourth-order valence-corrected chi connectivity index (χ4v) is 3.53. The van der Waals surface area contributed by atoms with Crippen molar-refractivity contribution in [2.45, 2.75) is 38.9 Å². The molecule has 3 rings (SSSR count). The van der Waals surface area contributed by atoms with Crippen molar-refractivity contribution in [1.82, 2.24) is 9.78 Å². The van der Waals surface area contributed by atoms with Crippen molar-refractivity contribution in [2.75, 3.05) is 0 Å². The van der Waals surface area contributed by atoms with Gasteiger partial charge >= 0.3 is 5.97 Å². The number of aliphatic carboxylic acids is 1. The van der Waals surface area contributed by atoms with Crippen molar-refractivity contribution in [2.24, 2.45) is 11.8 Å². The average molecular weight is 343 g/mol. The highest BCUT2D eigenvalue weighted by Crippen LogP contribution is 2.44. The fourth-order valence-electron chi connectivity index (χ4n) is 3.28. The summed E-state index contributed by atoms with van der Waals surface area (Å²) < 4.78 is 7.71. The summed E-state index contributed by atoms with van der Waals surface area (Å²) in [6, 6.07) is 0. The molecule has 0 saturated carbocycles. The van der Waals surface area contributed by atoms with Crippen LogP contribution in [-0.4, -0.2) is 39.0 Å². The molecule has 4 atom stereocenters. The third-order valence-electron chi connectivity index (χ3n) is 4.26. The van der Waals surface area contributed by atoms with Crippen molar-refractivity contribution < 1.29 is 19.4 Å². The number of nitrogens with zero attached hydrogens (tertiary/aromatic N) is 2. The van der Waals surface area contributed by atoms with Gasteiger partial charge in [0.25, 0.3) is 5.91 Å². The molecule has 2 bridgehead atoms. The second-order valence-corrected chi connectivity index (χ2v) is 6.21. The van der Waals surface area contributed by atoms with Gasteiger partial charge in [-0.05, 0) is 42.6 Å². The van der Waals surface area contributed by atoms with Gasteiger partial charge < -0.3 is 9.84 Å². The highest BCUT2D eigenvalue weighted by molar-refractivity contribution is 9.10. The number of rotatable bonds is 2. The van der Waals surface area contributed by atoms with Gasteiger partial charge in [0.15, 0.2) is 0 Å². The number of carbonyl (C=O) groups is 2. The highest BCUT2D eigenvalue weighted by atomic mass is 79.9. The normalized spacial score (nSPS) is 31.8. The lowest BCUT2D eigenvalue weighted by atomic mass is 9.79. The van der Waals surface area contributed by atoms with E-state index in [4.69, 9.17) is 4.74 Å². The first kappa shape index (κ1) is 13.8. The second kappa shape index (κ2) is 4.66. The van der Waals surface area contributed by atoms with Crippen LogP contribution in [0.3, 0.4) is 0 Å². The third kappa shape index (κ3) is 1.83. The molecule has 0 spiro atoms. The molecule has 2 fully saturated rings. The van der Waals surface area contributed by atoms with Crippen LogP contribution >= 0.6 is 15.9 Å². The number of hydrogen-bond donors (Lipinski definition) is 1. The molecule has 2 aliphatic heterocycles. The lowest BCUT2D eigenvalue weighted by molar-refractivity contribution is -0.144. The van der Waals surface area contributed by atoms with Crippen LogP contribution in [0.5, 0.6) is 0 Å². The van der Waals surface area contributed by atoms with E-state index in [0.717, 1.165) is 10.9 Å². The number of aryl methyl sites for hydroxylation is 1. The molecule has 1 aromatic heterocycles. The molecule has 108 valence electrons. The van der Waals surface area contributed by atoms with Gasteiger partial charge in [0.2, 0.25) is 0 Å².